The summed E-state index contributed by atoms with van der Waals surface area (Å²) in [6.45, 7) is 1.75. The third kappa shape index (κ3) is 4.69. The highest BCUT2D eigenvalue weighted by Crippen LogP contribution is 2.36. The minimum Gasteiger partial charge on any atom is -0.383 e. The fraction of sp³-hybridized carbons (Fsp3) is 0.176. The Balaban J connectivity index is 1.82. The molecule has 3 N–H and O–H groups in total. The number of thiophene rings is 1. The summed E-state index contributed by atoms with van der Waals surface area (Å²) in [7, 11) is 0. The van der Waals surface area contributed by atoms with Gasteiger partial charge in [-0.15, -0.1) is 34.4 Å². The Labute approximate surface area is 164 Å². The molecular formula is C17H13F4N3S3. The summed E-state index contributed by atoms with van der Waals surface area (Å²) in [6.07, 6.45) is -4.62. The van der Waals surface area contributed by atoms with Crippen molar-refractivity contribution in [3.05, 3.63) is 55.8 Å². The van der Waals surface area contributed by atoms with Crippen molar-refractivity contribution < 1.29 is 17.6 Å². The molecule has 0 aliphatic carbocycles. The van der Waals surface area contributed by atoms with Crippen LogP contribution in [0.4, 0.5) is 17.6 Å². The van der Waals surface area contributed by atoms with E-state index in [2.05, 4.69) is 4.98 Å². The van der Waals surface area contributed by atoms with Gasteiger partial charge >= 0.3 is 6.18 Å². The number of nitrogen functional groups attached to an aromatic ring is 1. The summed E-state index contributed by atoms with van der Waals surface area (Å²) in [4.78, 5) is 6.73. The van der Waals surface area contributed by atoms with E-state index in [1.807, 2.05) is 5.38 Å². The van der Waals surface area contributed by atoms with Crippen LogP contribution in [0.2, 0.25) is 0 Å². The smallest absolute Gasteiger partial charge is 0.383 e. The molecule has 2 aromatic heterocycles. The summed E-state index contributed by atoms with van der Waals surface area (Å²) in [5.41, 5.74) is 4.88. The number of thioether (sulfide) groups is 1. The predicted octanol–water partition coefficient (Wildman–Crippen LogP) is 5.91. The molecule has 0 saturated carbocycles. The van der Waals surface area contributed by atoms with Gasteiger partial charge in [0.05, 0.1) is 21.9 Å². The molecule has 0 fully saturated rings. The Morgan fingerprint density at radius 2 is 2.00 bits per heavy atom. The molecular weight excluding hydrogens is 418 g/mol. The van der Waals surface area contributed by atoms with Gasteiger partial charge in [0.1, 0.15) is 16.7 Å². The number of hydrogen-bond donors (Lipinski definition) is 2. The lowest BCUT2D eigenvalue weighted by atomic mass is 10.1. The maximum Gasteiger partial charge on any atom is 0.416 e. The SMILES string of the molecule is Cc1sc(CSc2csc(C(=N)N)c2)nc1-c1cc(F)cc(C(F)(F)F)c1. The molecule has 10 heteroatoms. The summed E-state index contributed by atoms with van der Waals surface area (Å²) in [5, 5.41) is 10.0. The summed E-state index contributed by atoms with van der Waals surface area (Å²) in [6, 6.07) is 4.26. The van der Waals surface area contributed by atoms with Crippen LogP contribution in [0.1, 0.15) is 20.3 Å². The average Bonchev–Trinajstić information content (AvgIpc) is 3.18. The van der Waals surface area contributed by atoms with Crippen LogP contribution < -0.4 is 5.73 Å². The van der Waals surface area contributed by atoms with Crippen molar-refractivity contribution in [1.29, 1.82) is 5.41 Å². The molecule has 1 aromatic carbocycles. The first-order chi connectivity index (χ1) is 12.6. The minimum atomic E-state index is -4.62. The number of nitrogens with two attached hydrogens (primary N) is 1. The Morgan fingerprint density at radius 1 is 1.26 bits per heavy atom. The van der Waals surface area contributed by atoms with Crippen LogP contribution in [-0.2, 0) is 11.9 Å². The Morgan fingerprint density at radius 3 is 2.63 bits per heavy atom. The lowest BCUT2D eigenvalue weighted by Crippen LogP contribution is -2.08. The van der Waals surface area contributed by atoms with Gasteiger partial charge in [0.25, 0.3) is 0 Å². The van der Waals surface area contributed by atoms with E-state index in [1.54, 1.807) is 13.0 Å². The Kier molecular flexibility index (Phi) is 5.59. The summed E-state index contributed by atoms with van der Waals surface area (Å²) < 4.78 is 52.4. The lowest BCUT2D eigenvalue weighted by molar-refractivity contribution is -0.137. The van der Waals surface area contributed by atoms with Gasteiger partial charge in [-0.3, -0.25) is 5.41 Å². The third-order valence-electron chi connectivity index (χ3n) is 3.54. The van der Waals surface area contributed by atoms with Crippen LogP contribution in [0.5, 0.6) is 0 Å². The van der Waals surface area contributed by atoms with E-state index in [4.69, 9.17) is 11.1 Å². The van der Waals surface area contributed by atoms with Crippen LogP contribution >= 0.6 is 34.4 Å². The van der Waals surface area contributed by atoms with Gasteiger partial charge in [0.2, 0.25) is 0 Å². The first-order valence-corrected chi connectivity index (χ1v) is 10.2. The van der Waals surface area contributed by atoms with E-state index in [0.717, 1.165) is 26.9 Å². The molecule has 0 saturated heterocycles. The van der Waals surface area contributed by atoms with Crippen LogP contribution in [0.15, 0.2) is 34.5 Å². The van der Waals surface area contributed by atoms with E-state index in [9.17, 15) is 17.6 Å². The largest absolute Gasteiger partial charge is 0.416 e. The van der Waals surface area contributed by atoms with Crippen LogP contribution in [0, 0.1) is 18.2 Å². The monoisotopic (exact) mass is 431 g/mol. The fourth-order valence-electron chi connectivity index (χ4n) is 2.35. The molecule has 0 radical (unpaired) electrons. The first kappa shape index (κ1) is 19.8. The number of amidine groups is 1. The standard InChI is InChI=1S/C17H13F4N3S3/c1-8-15(9-2-10(17(19,20)21)4-11(18)3-9)24-14(27-8)7-25-12-5-13(16(22)23)26-6-12/h2-6H,7H2,1H3,(H3,22,23). The molecule has 0 aliphatic rings. The highest BCUT2D eigenvalue weighted by Gasteiger charge is 2.31. The number of benzene rings is 1. The van der Waals surface area contributed by atoms with Gasteiger partial charge in [0, 0.05) is 20.7 Å². The number of rotatable bonds is 5. The van der Waals surface area contributed by atoms with Crippen molar-refractivity contribution in [1.82, 2.24) is 4.98 Å². The molecule has 27 heavy (non-hydrogen) atoms. The number of nitrogens with one attached hydrogen (secondary N) is 1. The highest BCUT2D eigenvalue weighted by molar-refractivity contribution is 7.98. The third-order valence-corrected chi connectivity index (χ3v) is 6.80. The number of aryl methyl sites for hydroxylation is 1. The normalized spacial score (nSPS) is 11.7. The summed E-state index contributed by atoms with van der Waals surface area (Å²) in [5.74, 6) is -0.426. The van der Waals surface area contributed by atoms with E-state index < -0.39 is 17.6 Å². The Hall–Kier alpha value is -1.91. The zero-order valence-corrected chi connectivity index (χ0v) is 16.3. The Bertz CT molecular complexity index is 992. The number of hydrogen-bond acceptors (Lipinski definition) is 5. The number of aromatic nitrogens is 1. The molecule has 0 aliphatic heterocycles. The summed E-state index contributed by atoms with van der Waals surface area (Å²) >= 11 is 4.22. The number of thiazole rings is 1. The fourth-order valence-corrected chi connectivity index (χ4v) is 5.19. The molecule has 0 bridgehead atoms. The van der Waals surface area contributed by atoms with Crippen molar-refractivity contribution in [2.24, 2.45) is 5.73 Å². The average molecular weight is 432 g/mol. The van der Waals surface area contributed by atoms with E-state index >= 15 is 0 Å². The number of alkyl halides is 3. The van der Waals surface area contributed by atoms with Crippen molar-refractivity contribution in [2.45, 2.75) is 23.7 Å². The van der Waals surface area contributed by atoms with Crippen LogP contribution in [0.25, 0.3) is 11.3 Å². The van der Waals surface area contributed by atoms with Gasteiger partial charge in [0.15, 0.2) is 0 Å². The second kappa shape index (κ2) is 7.61. The van der Waals surface area contributed by atoms with Crippen molar-refractivity contribution in [2.75, 3.05) is 0 Å². The molecule has 2 heterocycles. The molecule has 0 amide bonds. The van der Waals surface area contributed by atoms with Gasteiger partial charge in [-0.05, 0) is 31.2 Å². The molecule has 3 nitrogen and oxygen atoms in total. The van der Waals surface area contributed by atoms with Crippen molar-refractivity contribution >= 4 is 40.3 Å². The van der Waals surface area contributed by atoms with Crippen molar-refractivity contribution in [3.63, 3.8) is 0 Å². The lowest BCUT2D eigenvalue weighted by Gasteiger charge is -2.08. The van der Waals surface area contributed by atoms with Gasteiger partial charge in [-0.2, -0.15) is 13.2 Å². The molecule has 3 rings (SSSR count). The second-order valence-corrected chi connectivity index (χ2v) is 8.84. The zero-order chi connectivity index (χ0) is 19.8. The van der Waals surface area contributed by atoms with E-state index in [-0.39, 0.29) is 11.4 Å². The maximum atomic E-state index is 13.7. The topological polar surface area (TPSA) is 62.8 Å². The second-order valence-electron chi connectivity index (χ2n) is 5.59. The minimum absolute atomic E-state index is 0.00537. The van der Waals surface area contributed by atoms with Gasteiger partial charge in [-0.1, -0.05) is 0 Å². The maximum absolute atomic E-state index is 13.7. The molecule has 3 aromatic rings. The zero-order valence-electron chi connectivity index (χ0n) is 13.9. The number of halogens is 4. The highest BCUT2D eigenvalue weighted by atomic mass is 32.2. The molecule has 142 valence electrons. The van der Waals surface area contributed by atoms with Crippen molar-refractivity contribution in [3.8, 4) is 11.3 Å². The van der Waals surface area contributed by atoms with Crippen LogP contribution in [-0.4, -0.2) is 10.8 Å². The first-order valence-electron chi connectivity index (χ1n) is 7.53. The molecule has 0 unspecified atom stereocenters. The van der Waals surface area contributed by atoms with E-state index in [1.165, 1.54) is 34.4 Å². The van der Waals surface area contributed by atoms with E-state index in [0.29, 0.717) is 22.4 Å². The predicted molar refractivity (Wildman–Crippen MR) is 102 cm³/mol. The van der Waals surface area contributed by atoms with Gasteiger partial charge in [-0.25, -0.2) is 9.37 Å². The quantitative estimate of drug-likeness (QED) is 0.228. The van der Waals surface area contributed by atoms with Gasteiger partial charge < -0.3 is 5.73 Å². The van der Waals surface area contributed by atoms with Crippen LogP contribution in [0.3, 0.4) is 0 Å². The number of nitrogens with zero attached hydrogens (tertiary/aromatic N) is 1. The molecule has 0 atom stereocenters. The molecule has 0 spiro atoms.